The quantitative estimate of drug-likeness (QED) is 0.894. The van der Waals surface area contributed by atoms with Gasteiger partial charge in [0.1, 0.15) is 5.82 Å². The SMILES string of the molecule is Cc1nc(C2SCCSC2C)ncc1C(C)N. The van der Waals surface area contributed by atoms with Crippen LogP contribution in [0.25, 0.3) is 0 Å². The van der Waals surface area contributed by atoms with E-state index in [2.05, 4.69) is 16.9 Å². The first-order valence-corrected chi connectivity index (χ1v) is 8.01. The molecule has 17 heavy (non-hydrogen) atoms. The second kappa shape index (κ2) is 5.59. The number of aromatic nitrogens is 2. The summed E-state index contributed by atoms with van der Waals surface area (Å²) < 4.78 is 0. The average molecular weight is 269 g/mol. The molecule has 0 saturated carbocycles. The van der Waals surface area contributed by atoms with Gasteiger partial charge < -0.3 is 5.73 Å². The maximum absolute atomic E-state index is 5.88. The van der Waals surface area contributed by atoms with Crippen LogP contribution in [0, 0.1) is 6.92 Å². The number of hydrogen-bond acceptors (Lipinski definition) is 5. The monoisotopic (exact) mass is 269 g/mol. The van der Waals surface area contributed by atoms with Crippen molar-refractivity contribution in [3.05, 3.63) is 23.3 Å². The van der Waals surface area contributed by atoms with Crippen molar-refractivity contribution in [3.63, 3.8) is 0 Å². The van der Waals surface area contributed by atoms with Crippen LogP contribution in [0.4, 0.5) is 0 Å². The summed E-state index contributed by atoms with van der Waals surface area (Å²) >= 11 is 3.98. The standard InChI is InChI=1S/C12H19N3S2/c1-7(13)10-6-14-12(15-8(10)2)11-9(3)16-4-5-17-11/h6-7,9,11H,4-5,13H2,1-3H3. The lowest BCUT2D eigenvalue weighted by Crippen LogP contribution is -2.19. The van der Waals surface area contributed by atoms with Gasteiger partial charge in [0.15, 0.2) is 0 Å². The normalized spacial score (nSPS) is 26.8. The van der Waals surface area contributed by atoms with Crippen LogP contribution in [0.15, 0.2) is 6.20 Å². The molecule has 0 aromatic carbocycles. The molecule has 1 aliphatic rings. The molecule has 0 aliphatic carbocycles. The van der Waals surface area contributed by atoms with Crippen molar-refractivity contribution in [2.24, 2.45) is 5.73 Å². The molecule has 1 saturated heterocycles. The van der Waals surface area contributed by atoms with Crippen molar-refractivity contribution < 1.29 is 0 Å². The molecule has 0 bridgehead atoms. The zero-order chi connectivity index (χ0) is 12.4. The van der Waals surface area contributed by atoms with Gasteiger partial charge in [0.05, 0.1) is 5.25 Å². The molecule has 1 aromatic rings. The Labute approximate surface area is 111 Å². The van der Waals surface area contributed by atoms with Crippen LogP contribution < -0.4 is 5.73 Å². The molecule has 2 rings (SSSR count). The highest BCUT2D eigenvalue weighted by Gasteiger charge is 2.26. The van der Waals surface area contributed by atoms with Crippen molar-refractivity contribution in [3.8, 4) is 0 Å². The van der Waals surface area contributed by atoms with Gasteiger partial charge in [-0.3, -0.25) is 0 Å². The van der Waals surface area contributed by atoms with Gasteiger partial charge in [0.25, 0.3) is 0 Å². The molecule has 2 heterocycles. The van der Waals surface area contributed by atoms with Crippen molar-refractivity contribution in [2.45, 2.75) is 37.3 Å². The molecule has 3 unspecified atom stereocenters. The minimum absolute atomic E-state index is 0.00913. The van der Waals surface area contributed by atoms with E-state index in [0.29, 0.717) is 10.5 Å². The topological polar surface area (TPSA) is 51.8 Å². The minimum Gasteiger partial charge on any atom is -0.324 e. The Balaban J connectivity index is 2.24. The molecule has 3 nitrogen and oxygen atoms in total. The maximum atomic E-state index is 5.88. The highest BCUT2D eigenvalue weighted by atomic mass is 32.2. The predicted octanol–water partition coefficient (Wildman–Crippen LogP) is 2.71. The Bertz CT molecular complexity index is 395. The first kappa shape index (κ1) is 13.2. The lowest BCUT2D eigenvalue weighted by Gasteiger charge is -2.27. The van der Waals surface area contributed by atoms with Gasteiger partial charge in [-0.15, -0.1) is 11.8 Å². The largest absolute Gasteiger partial charge is 0.324 e. The summed E-state index contributed by atoms with van der Waals surface area (Å²) in [5, 5.41) is 1.02. The molecule has 1 aromatic heterocycles. The van der Waals surface area contributed by atoms with Crippen molar-refractivity contribution in [2.75, 3.05) is 11.5 Å². The van der Waals surface area contributed by atoms with Crippen LogP contribution >= 0.6 is 23.5 Å². The fourth-order valence-corrected chi connectivity index (χ4v) is 4.69. The third-order valence-corrected chi connectivity index (χ3v) is 6.06. The number of nitrogens with two attached hydrogens (primary N) is 1. The molecule has 2 N–H and O–H groups in total. The van der Waals surface area contributed by atoms with Gasteiger partial charge >= 0.3 is 0 Å². The van der Waals surface area contributed by atoms with Gasteiger partial charge in [0.2, 0.25) is 0 Å². The summed E-state index contributed by atoms with van der Waals surface area (Å²) in [5.41, 5.74) is 7.95. The summed E-state index contributed by atoms with van der Waals surface area (Å²) in [6.07, 6.45) is 1.90. The Kier molecular flexibility index (Phi) is 4.33. The molecule has 3 atom stereocenters. The number of hydrogen-bond donors (Lipinski definition) is 1. The fraction of sp³-hybridized carbons (Fsp3) is 0.667. The molecule has 0 spiro atoms. The molecule has 0 radical (unpaired) electrons. The van der Waals surface area contributed by atoms with E-state index in [-0.39, 0.29) is 6.04 Å². The zero-order valence-corrected chi connectivity index (χ0v) is 12.1. The van der Waals surface area contributed by atoms with Crippen LogP contribution in [0.2, 0.25) is 0 Å². The maximum Gasteiger partial charge on any atom is 0.142 e. The van der Waals surface area contributed by atoms with E-state index in [1.165, 1.54) is 11.5 Å². The van der Waals surface area contributed by atoms with Crippen molar-refractivity contribution >= 4 is 23.5 Å². The van der Waals surface area contributed by atoms with E-state index >= 15 is 0 Å². The first-order chi connectivity index (χ1) is 8.09. The molecular weight excluding hydrogens is 250 g/mol. The molecule has 0 amide bonds. The third kappa shape index (κ3) is 2.95. The lowest BCUT2D eigenvalue weighted by molar-refractivity contribution is 0.756. The van der Waals surface area contributed by atoms with Crippen LogP contribution in [0.3, 0.4) is 0 Å². The molecule has 94 valence electrons. The Morgan fingerprint density at radius 1 is 1.41 bits per heavy atom. The summed E-state index contributed by atoms with van der Waals surface area (Å²) in [5.74, 6) is 3.40. The van der Waals surface area contributed by atoms with Crippen LogP contribution in [0.1, 0.15) is 42.2 Å². The number of thioether (sulfide) groups is 2. The van der Waals surface area contributed by atoms with E-state index in [0.717, 1.165) is 17.1 Å². The smallest absolute Gasteiger partial charge is 0.142 e. The van der Waals surface area contributed by atoms with E-state index in [4.69, 9.17) is 5.73 Å². The number of rotatable bonds is 2. The Hall–Kier alpha value is -0.260. The van der Waals surface area contributed by atoms with Gasteiger partial charge in [-0.25, -0.2) is 9.97 Å². The van der Waals surface area contributed by atoms with E-state index in [1.54, 1.807) is 0 Å². The Morgan fingerprint density at radius 2 is 2.12 bits per heavy atom. The van der Waals surface area contributed by atoms with E-state index in [1.807, 2.05) is 43.6 Å². The highest BCUT2D eigenvalue weighted by molar-refractivity contribution is 8.06. The lowest BCUT2D eigenvalue weighted by atomic mass is 10.1. The van der Waals surface area contributed by atoms with Gasteiger partial charge in [-0.05, 0) is 13.8 Å². The summed E-state index contributed by atoms with van der Waals surface area (Å²) in [4.78, 5) is 9.15. The van der Waals surface area contributed by atoms with Crippen LogP contribution in [0.5, 0.6) is 0 Å². The van der Waals surface area contributed by atoms with Crippen molar-refractivity contribution in [1.82, 2.24) is 9.97 Å². The second-order valence-corrected chi connectivity index (χ2v) is 7.16. The fourth-order valence-electron chi connectivity index (χ4n) is 1.99. The third-order valence-electron chi connectivity index (χ3n) is 2.97. The molecule has 1 fully saturated rings. The zero-order valence-electron chi connectivity index (χ0n) is 10.5. The number of nitrogens with zero attached hydrogens (tertiary/aromatic N) is 2. The first-order valence-electron chi connectivity index (χ1n) is 5.92. The second-order valence-electron chi connectivity index (χ2n) is 4.42. The average Bonchev–Trinajstić information content (AvgIpc) is 2.29. The Morgan fingerprint density at radius 3 is 2.71 bits per heavy atom. The van der Waals surface area contributed by atoms with E-state index < -0.39 is 0 Å². The molecule has 1 aliphatic heterocycles. The molecule has 5 heteroatoms. The van der Waals surface area contributed by atoms with Gasteiger partial charge in [-0.1, -0.05) is 6.92 Å². The van der Waals surface area contributed by atoms with E-state index in [9.17, 15) is 0 Å². The summed E-state index contributed by atoms with van der Waals surface area (Å²) in [6.45, 7) is 6.26. The van der Waals surface area contributed by atoms with Gasteiger partial charge in [-0.2, -0.15) is 11.8 Å². The van der Waals surface area contributed by atoms with Crippen molar-refractivity contribution in [1.29, 1.82) is 0 Å². The van der Waals surface area contributed by atoms with Crippen LogP contribution in [-0.4, -0.2) is 26.7 Å². The highest BCUT2D eigenvalue weighted by Crippen LogP contribution is 2.41. The van der Waals surface area contributed by atoms with Crippen LogP contribution in [-0.2, 0) is 0 Å². The summed E-state index contributed by atoms with van der Waals surface area (Å²) in [6, 6.07) is 0.00913. The predicted molar refractivity (Wildman–Crippen MR) is 76.5 cm³/mol. The molecular formula is C12H19N3S2. The van der Waals surface area contributed by atoms with Gasteiger partial charge in [0, 0.05) is 40.3 Å². The number of aryl methyl sites for hydroxylation is 1. The minimum atomic E-state index is 0.00913. The summed E-state index contributed by atoms with van der Waals surface area (Å²) in [7, 11) is 0.